The van der Waals surface area contributed by atoms with Crippen LogP contribution >= 0.6 is 0 Å². The molecule has 6 nitrogen and oxygen atoms in total. The summed E-state index contributed by atoms with van der Waals surface area (Å²) in [5.41, 5.74) is 2.24. The summed E-state index contributed by atoms with van der Waals surface area (Å²) < 4.78 is 0. The number of nitriles is 1. The van der Waals surface area contributed by atoms with Crippen molar-refractivity contribution in [2.45, 2.75) is 0 Å². The Morgan fingerprint density at radius 3 is 2.35 bits per heavy atom. The van der Waals surface area contributed by atoms with Crippen LogP contribution in [0.1, 0.15) is 16.1 Å². The molecule has 0 spiro atoms. The molecule has 1 aromatic carbocycles. The van der Waals surface area contributed by atoms with Gasteiger partial charge in [-0.2, -0.15) is 4.85 Å². The molecule has 0 fully saturated rings. The summed E-state index contributed by atoms with van der Waals surface area (Å²) >= 11 is 0. The average molecular weight is 520 g/mol. The van der Waals surface area contributed by atoms with Gasteiger partial charge >= 0.3 is 5.97 Å². The molecule has 3 aromatic rings. The van der Waals surface area contributed by atoms with Crippen molar-refractivity contribution < 1.29 is 30.0 Å². The minimum atomic E-state index is -0.990. The predicted octanol–water partition coefficient (Wildman–Crippen LogP) is 3.75. The maximum atomic E-state index is 10.1. The standard InChI is InChI=1S/C13H6N3.C6H5NO2.Ir/c1-15-13-8-10(9-14)5-6-11(13)12-4-2-3-7-16-12;8-6(9)5-3-1-2-4-7-5;/h2-5,7-8H;1-4H,(H,8,9);/q-1;;. The molecule has 26 heavy (non-hydrogen) atoms. The number of nitrogens with zero attached hydrogens (tertiary/aromatic N) is 4. The zero-order valence-electron chi connectivity index (χ0n) is 13.3. The second-order valence-corrected chi connectivity index (χ2v) is 4.61. The van der Waals surface area contributed by atoms with Crippen molar-refractivity contribution in [1.29, 1.82) is 5.26 Å². The maximum absolute atomic E-state index is 10.1. The van der Waals surface area contributed by atoms with Crippen molar-refractivity contribution in [2.24, 2.45) is 0 Å². The van der Waals surface area contributed by atoms with Gasteiger partial charge in [-0.25, -0.2) is 15.0 Å². The Kier molecular flexibility index (Phi) is 8.33. The fourth-order valence-electron chi connectivity index (χ4n) is 1.84. The molecule has 0 saturated heterocycles. The van der Waals surface area contributed by atoms with Gasteiger partial charge in [-0.05, 0) is 41.1 Å². The van der Waals surface area contributed by atoms with Crippen molar-refractivity contribution in [1.82, 2.24) is 9.97 Å². The average Bonchev–Trinajstić information content (AvgIpc) is 2.69. The molecule has 0 aliphatic heterocycles. The van der Waals surface area contributed by atoms with Crippen LogP contribution in [0.5, 0.6) is 0 Å². The number of carbonyl (C=O) groups is 1. The Morgan fingerprint density at radius 1 is 1.19 bits per heavy atom. The molecular weight excluding hydrogens is 508 g/mol. The predicted molar refractivity (Wildman–Crippen MR) is 90.7 cm³/mol. The summed E-state index contributed by atoms with van der Waals surface area (Å²) in [4.78, 5) is 21.3. The first-order valence-corrected chi connectivity index (χ1v) is 7.04. The van der Waals surface area contributed by atoms with Crippen LogP contribution in [0, 0.1) is 24.0 Å². The van der Waals surface area contributed by atoms with E-state index < -0.39 is 5.97 Å². The number of aromatic carboxylic acids is 1. The molecule has 0 bridgehead atoms. The van der Waals surface area contributed by atoms with Gasteiger partial charge in [-0.15, -0.1) is 12.1 Å². The van der Waals surface area contributed by atoms with Crippen LogP contribution in [0.15, 0.2) is 60.9 Å². The second kappa shape index (κ2) is 10.5. The fraction of sp³-hybridized carbons (Fsp3) is 0. The van der Waals surface area contributed by atoms with Crippen LogP contribution in [-0.4, -0.2) is 21.0 Å². The SMILES string of the molecule is O=C(O)c1ccccn1.[C-]#[N+]c1cc(C#N)c[c-]c1-c1ccccn1.[Ir]. The first-order valence-electron chi connectivity index (χ1n) is 7.04. The molecule has 2 aromatic heterocycles. The monoisotopic (exact) mass is 520 g/mol. The minimum Gasteiger partial charge on any atom is -0.477 e. The quantitative estimate of drug-likeness (QED) is 0.521. The Labute approximate surface area is 164 Å². The zero-order chi connectivity index (χ0) is 18.1. The van der Waals surface area contributed by atoms with Crippen molar-refractivity contribution >= 4 is 11.7 Å². The Bertz CT molecular complexity index is 949. The van der Waals surface area contributed by atoms with Gasteiger partial charge in [0.1, 0.15) is 12.3 Å². The number of rotatable bonds is 2. The van der Waals surface area contributed by atoms with Gasteiger partial charge in [0.05, 0.1) is 0 Å². The number of pyridine rings is 2. The van der Waals surface area contributed by atoms with Crippen molar-refractivity contribution in [3.05, 3.63) is 89.7 Å². The molecule has 0 atom stereocenters. The van der Waals surface area contributed by atoms with Crippen molar-refractivity contribution in [3.8, 4) is 17.3 Å². The number of benzene rings is 1. The molecule has 0 aliphatic rings. The summed E-state index contributed by atoms with van der Waals surface area (Å²) in [7, 11) is 0. The van der Waals surface area contributed by atoms with E-state index in [4.69, 9.17) is 16.9 Å². The topological polar surface area (TPSA) is 91.2 Å². The van der Waals surface area contributed by atoms with Gasteiger partial charge in [0.25, 0.3) is 0 Å². The normalized spacial score (nSPS) is 8.69. The summed E-state index contributed by atoms with van der Waals surface area (Å²) in [6, 6.07) is 18.3. The van der Waals surface area contributed by atoms with Gasteiger partial charge in [0.15, 0.2) is 0 Å². The van der Waals surface area contributed by atoms with E-state index in [0.29, 0.717) is 22.5 Å². The summed E-state index contributed by atoms with van der Waals surface area (Å²) in [5.74, 6) is -0.990. The Balaban J connectivity index is 0.000000290. The van der Waals surface area contributed by atoms with Crippen LogP contribution in [0.2, 0.25) is 0 Å². The molecule has 0 aliphatic carbocycles. The molecule has 1 N–H and O–H groups in total. The minimum absolute atomic E-state index is 0. The van der Waals surface area contributed by atoms with E-state index in [1.165, 1.54) is 12.3 Å². The Hall–Kier alpha value is -3.38. The first-order chi connectivity index (χ1) is 12.2. The number of carboxylic acid groups (broad SMARTS) is 1. The smallest absolute Gasteiger partial charge is 0.354 e. The van der Waals surface area contributed by atoms with E-state index in [0.717, 1.165) is 0 Å². The number of aromatic nitrogens is 2. The van der Waals surface area contributed by atoms with E-state index in [9.17, 15) is 4.79 Å². The largest absolute Gasteiger partial charge is 0.477 e. The van der Waals surface area contributed by atoms with E-state index in [-0.39, 0.29) is 25.8 Å². The van der Waals surface area contributed by atoms with Crippen LogP contribution in [0.3, 0.4) is 0 Å². The van der Waals surface area contributed by atoms with E-state index in [2.05, 4.69) is 20.9 Å². The molecule has 1 radical (unpaired) electrons. The first kappa shape index (κ1) is 20.7. The van der Waals surface area contributed by atoms with Gasteiger partial charge < -0.3 is 10.1 Å². The van der Waals surface area contributed by atoms with Crippen LogP contribution < -0.4 is 0 Å². The van der Waals surface area contributed by atoms with Gasteiger partial charge in [-0.1, -0.05) is 18.2 Å². The zero-order valence-corrected chi connectivity index (χ0v) is 15.6. The molecule has 0 saturated carbocycles. The second-order valence-electron chi connectivity index (χ2n) is 4.61. The Morgan fingerprint density at radius 2 is 1.88 bits per heavy atom. The molecular formula is C19H11IrN4O2-. The van der Waals surface area contributed by atoms with E-state index in [1.54, 1.807) is 30.5 Å². The summed E-state index contributed by atoms with van der Waals surface area (Å²) in [6.45, 7) is 7.07. The molecule has 7 heteroatoms. The third kappa shape index (κ3) is 5.61. The molecule has 3 rings (SSSR count). The number of carboxylic acids is 1. The molecule has 0 amide bonds. The summed E-state index contributed by atoms with van der Waals surface area (Å²) in [6.07, 6.45) is 3.11. The van der Waals surface area contributed by atoms with Crippen LogP contribution in [-0.2, 0) is 20.1 Å². The van der Waals surface area contributed by atoms with Gasteiger partial charge in [0, 0.05) is 38.6 Å². The van der Waals surface area contributed by atoms with Crippen molar-refractivity contribution in [3.63, 3.8) is 0 Å². The van der Waals surface area contributed by atoms with Crippen LogP contribution in [0.25, 0.3) is 16.1 Å². The third-order valence-electron chi connectivity index (χ3n) is 2.97. The molecule has 0 unspecified atom stereocenters. The van der Waals surface area contributed by atoms with Gasteiger partial charge in [0.2, 0.25) is 5.69 Å². The maximum Gasteiger partial charge on any atom is 0.354 e. The van der Waals surface area contributed by atoms with Gasteiger partial charge in [-0.3, -0.25) is 0 Å². The fourth-order valence-corrected chi connectivity index (χ4v) is 1.84. The summed E-state index contributed by atoms with van der Waals surface area (Å²) in [5, 5.41) is 17.1. The van der Waals surface area contributed by atoms with Crippen molar-refractivity contribution in [2.75, 3.05) is 0 Å². The molecule has 2 heterocycles. The number of hydrogen-bond acceptors (Lipinski definition) is 4. The van der Waals surface area contributed by atoms with E-state index >= 15 is 0 Å². The molecule has 129 valence electrons. The van der Waals surface area contributed by atoms with Crippen LogP contribution in [0.4, 0.5) is 5.69 Å². The third-order valence-corrected chi connectivity index (χ3v) is 2.97. The van der Waals surface area contributed by atoms with E-state index in [1.807, 2.05) is 24.3 Å². The number of hydrogen-bond donors (Lipinski definition) is 1.